The molecular weight excluding hydrogens is 330 g/mol. The summed E-state index contributed by atoms with van der Waals surface area (Å²) in [5, 5.41) is 3.19. The van der Waals surface area contributed by atoms with E-state index in [4.69, 9.17) is 0 Å². The molecule has 1 atom stereocenters. The zero-order valence-electron chi connectivity index (χ0n) is 16.2. The second-order valence-electron chi connectivity index (χ2n) is 7.10. The maximum atomic E-state index is 11.9. The predicted octanol–water partition coefficient (Wildman–Crippen LogP) is 3.55. The Bertz CT molecular complexity index is 544. The summed E-state index contributed by atoms with van der Waals surface area (Å²) in [6.45, 7) is 10.5. The third kappa shape index (κ3) is 6.72. The maximum Gasteiger partial charge on any atom is 0.0959 e. The van der Waals surface area contributed by atoms with Crippen LogP contribution in [0.5, 0.6) is 0 Å². The van der Waals surface area contributed by atoms with E-state index < -0.39 is 10.8 Å². The van der Waals surface area contributed by atoms with Crippen molar-refractivity contribution in [3.05, 3.63) is 23.8 Å². The standard InChI is InChI=1S/C20H35N3OS/c1-4-11-23(12-5-2)15-14-22(3)13-7-6-8-18-9-10-19-20(16-18)25(24)17-21-19/h9-10,16,21H,4-8,11-15,17H2,1-3H3. The molecule has 0 saturated heterocycles. The first-order valence-electron chi connectivity index (χ1n) is 9.80. The first kappa shape index (κ1) is 20.4. The molecule has 1 aromatic rings. The summed E-state index contributed by atoms with van der Waals surface area (Å²) in [6, 6.07) is 6.38. The first-order valence-corrected chi connectivity index (χ1v) is 11.1. The van der Waals surface area contributed by atoms with Gasteiger partial charge in [0, 0.05) is 13.1 Å². The Labute approximate surface area is 156 Å². The molecule has 0 bridgehead atoms. The van der Waals surface area contributed by atoms with Gasteiger partial charge < -0.3 is 15.1 Å². The lowest BCUT2D eigenvalue weighted by atomic mass is 10.1. The van der Waals surface area contributed by atoms with Crippen molar-refractivity contribution in [2.45, 2.75) is 50.8 Å². The van der Waals surface area contributed by atoms with Gasteiger partial charge in [0.2, 0.25) is 0 Å². The number of fused-ring (bicyclic) bond motifs is 1. The predicted molar refractivity (Wildman–Crippen MR) is 109 cm³/mol. The van der Waals surface area contributed by atoms with Gasteiger partial charge in [0.05, 0.1) is 27.3 Å². The molecular formula is C20H35N3OS. The maximum absolute atomic E-state index is 11.9. The Morgan fingerprint density at radius 1 is 1.04 bits per heavy atom. The van der Waals surface area contributed by atoms with Crippen LogP contribution in [-0.2, 0) is 17.2 Å². The molecule has 0 aliphatic carbocycles. The van der Waals surface area contributed by atoms with E-state index in [2.05, 4.69) is 54.2 Å². The highest BCUT2D eigenvalue weighted by Gasteiger charge is 2.17. The van der Waals surface area contributed by atoms with Crippen molar-refractivity contribution >= 4 is 16.5 Å². The van der Waals surface area contributed by atoms with Gasteiger partial charge >= 0.3 is 0 Å². The smallest absolute Gasteiger partial charge is 0.0959 e. The fourth-order valence-electron chi connectivity index (χ4n) is 3.38. The van der Waals surface area contributed by atoms with Gasteiger partial charge in [-0.25, -0.2) is 0 Å². The van der Waals surface area contributed by atoms with Gasteiger partial charge in [0.15, 0.2) is 0 Å². The number of nitrogens with zero attached hydrogens (tertiary/aromatic N) is 2. The number of unbranched alkanes of at least 4 members (excludes halogenated alkanes) is 1. The van der Waals surface area contributed by atoms with Crippen molar-refractivity contribution in [3.8, 4) is 0 Å². The third-order valence-corrected chi connectivity index (χ3v) is 6.05. The van der Waals surface area contributed by atoms with E-state index in [0.717, 1.165) is 30.1 Å². The minimum absolute atomic E-state index is 0.566. The van der Waals surface area contributed by atoms with Crippen LogP contribution in [0.25, 0.3) is 0 Å². The van der Waals surface area contributed by atoms with Gasteiger partial charge in [0.25, 0.3) is 0 Å². The van der Waals surface area contributed by atoms with Gasteiger partial charge in [-0.15, -0.1) is 0 Å². The van der Waals surface area contributed by atoms with Crippen LogP contribution in [0.2, 0.25) is 0 Å². The van der Waals surface area contributed by atoms with Gasteiger partial charge in [-0.3, -0.25) is 4.21 Å². The number of nitrogens with one attached hydrogen (secondary N) is 1. The summed E-state index contributed by atoms with van der Waals surface area (Å²) in [6.07, 6.45) is 5.97. The Hall–Kier alpha value is -0.910. The SMILES string of the molecule is CCCN(CCC)CCN(C)CCCCc1ccc2c(c1)S(=O)CN2. The Morgan fingerprint density at radius 2 is 1.80 bits per heavy atom. The quantitative estimate of drug-likeness (QED) is 0.575. The van der Waals surface area contributed by atoms with E-state index in [9.17, 15) is 4.21 Å². The summed E-state index contributed by atoms with van der Waals surface area (Å²) in [4.78, 5) is 6.02. The molecule has 0 aromatic heterocycles. The number of aryl methyl sites for hydroxylation is 1. The molecule has 142 valence electrons. The number of rotatable bonds is 12. The summed E-state index contributed by atoms with van der Waals surface area (Å²) >= 11 is 0. The van der Waals surface area contributed by atoms with Crippen LogP contribution in [0.4, 0.5) is 5.69 Å². The highest BCUT2D eigenvalue weighted by Crippen LogP contribution is 2.27. The van der Waals surface area contributed by atoms with Crippen LogP contribution >= 0.6 is 0 Å². The highest BCUT2D eigenvalue weighted by molar-refractivity contribution is 7.85. The Morgan fingerprint density at radius 3 is 2.52 bits per heavy atom. The molecule has 1 aliphatic rings. The van der Waals surface area contributed by atoms with E-state index in [1.54, 1.807) is 0 Å². The fourth-order valence-corrected chi connectivity index (χ4v) is 4.49. The van der Waals surface area contributed by atoms with E-state index in [1.807, 2.05) is 0 Å². The van der Waals surface area contributed by atoms with E-state index in [1.165, 1.54) is 50.9 Å². The molecule has 2 rings (SSSR count). The van der Waals surface area contributed by atoms with Crippen LogP contribution < -0.4 is 5.32 Å². The number of likely N-dealkylation sites (N-methyl/N-ethyl adjacent to an activating group) is 1. The average Bonchev–Trinajstić information content (AvgIpc) is 2.98. The molecule has 0 amide bonds. The van der Waals surface area contributed by atoms with Crippen molar-refractivity contribution in [2.75, 3.05) is 51.0 Å². The fraction of sp³-hybridized carbons (Fsp3) is 0.700. The molecule has 5 heteroatoms. The van der Waals surface area contributed by atoms with Crippen LogP contribution in [0.3, 0.4) is 0 Å². The zero-order valence-corrected chi connectivity index (χ0v) is 17.0. The van der Waals surface area contributed by atoms with Crippen molar-refractivity contribution < 1.29 is 4.21 Å². The largest absolute Gasteiger partial charge is 0.372 e. The summed E-state index contributed by atoms with van der Waals surface area (Å²) in [5.41, 5.74) is 2.36. The molecule has 0 saturated carbocycles. The second kappa shape index (κ2) is 10.9. The van der Waals surface area contributed by atoms with E-state index in [-0.39, 0.29) is 0 Å². The van der Waals surface area contributed by atoms with E-state index in [0.29, 0.717) is 5.88 Å². The lowest BCUT2D eigenvalue weighted by molar-refractivity contribution is 0.223. The number of hydrogen-bond acceptors (Lipinski definition) is 4. The summed E-state index contributed by atoms with van der Waals surface area (Å²) in [5.74, 6) is 0.566. The van der Waals surface area contributed by atoms with Crippen molar-refractivity contribution in [3.63, 3.8) is 0 Å². The monoisotopic (exact) mass is 365 g/mol. The van der Waals surface area contributed by atoms with Crippen LogP contribution in [0, 0.1) is 0 Å². The molecule has 1 aliphatic heterocycles. The van der Waals surface area contributed by atoms with Gasteiger partial charge in [-0.2, -0.15) is 0 Å². The summed E-state index contributed by atoms with van der Waals surface area (Å²) in [7, 11) is 1.38. The van der Waals surface area contributed by atoms with Crippen LogP contribution in [0.1, 0.15) is 45.1 Å². The van der Waals surface area contributed by atoms with Crippen LogP contribution in [-0.4, -0.2) is 59.7 Å². The molecule has 0 radical (unpaired) electrons. The normalized spacial score (nSPS) is 16.4. The minimum atomic E-state index is -0.858. The lowest BCUT2D eigenvalue weighted by Crippen LogP contribution is -2.34. The van der Waals surface area contributed by atoms with Gasteiger partial charge in [-0.1, -0.05) is 19.9 Å². The molecule has 1 N–H and O–H groups in total. The first-order chi connectivity index (χ1) is 12.1. The number of hydrogen-bond donors (Lipinski definition) is 1. The van der Waals surface area contributed by atoms with Crippen molar-refractivity contribution in [1.29, 1.82) is 0 Å². The van der Waals surface area contributed by atoms with Gasteiger partial charge in [-0.05, 0) is 76.5 Å². The Kier molecular flexibility index (Phi) is 8.93. The molecule has 4 nitrogen and oxygen atoms in total. The lowest BCUT2D eigenvalue weighted by Gasteiger charge is -2.24. The Balaban J connectivity index is 1.64. The number of anilines is 1. The third-order valence-electron chi connectivity index (χ3n) is 4.82. The topological polar surface area (TPSA) is 35.6 Å². The van der Waals surface area contributed by atoms with Crippen LogP contribution in [0.15, 0.2) is 23.1 Å². The number of benzene rings is 1. The zero-order chi connectivity index (χ0) is 18.1. The highest BCUT2D eigenvalue weighted by atomic mass is 32.2. The molecule has 1 aromatic carbocycles. The minimum Gasteiger partial charge on any atom is -0.372 e. The molecule has 0 fully saturated rings. The average molecular weight is 366 g/mol. The molecule has 0 spiro atoms. The summed E-state index contributed by atoms with van der Waals surface area (Å²) < 4.78 is 11.9. The van der Waals surface area contributed by atoms with Crippen molar-refractivity contribution in [1.82, 2.24) is 9.80 Å². The molecule has 25 heavy (non-hydrogen) atoms. The molecule has 1 unspecified atom stereocenters. The van der Waals surface area contributed by atoms with E-state index >= 15 is 0 Å². The van der Waals surface area contributed by atoms with Crippen molar-refractivity contribution in [2.24, 2.45) is 0 Å². The molecule has 1 heterocycles. The second-order valence-corrected chi connectivity index (χ2v) is 8.52. The van der Waals surface area contributed by atoms with Gasteiger partial charge in [0.1, 0.15) is 0 Å².